The van der Waals surface area contributed by atoms with Gasteiger partial charge in [0.2, 0.25) is 5.91 Å². The van der Waals surface area contributed by atoms with Gasteiger partial charge in [-0.15, -0.1) is 0 Å². The molecule has 1 aliphatic heterocycles. The number of nitrogens with zero attached hydrogens (tertiary/aromatic N) is 3. The van der Waals surface area contributed by atoms with Gasteiger partial charge in [-0.1, -0.05) is 50.6 Å². The number of carbonyl (C=O) groups excluding carboxylic acids is 1. The molecule has 10 nitrogen and oxygen atoms in total. The molecule has 5 atom stereocenters. The predicted molar refractivity (Wildman–Crippen MR) is 150 cm³/mol. The number of carboxylic acid groups (broad SMARTS) is 1. The number of aliphatic carboxylic acids is 1. The molecular formula is C29H42BN5O5. The Hall–Kier alpha value is -2.76. The van der Waals surface area contributed by atoms with Gasteiger partial charge in [-0.2, -0.15) is 5.10 Å². The molecular weight excluding hydrogens is 509 g/mol. The fraction of sp³-hybridized carbons (Fsp3) is 0.655. The van der Waals surface area contributed by atoms with Crippen LogP contribution in [0.4, 0.5) is 0 Å². The molecule has 4 aliphatic rings. The second-order valence-electron chi connectivity index (χ2n) is 12.5. The third-order valence-electron chi connectivity index (χ3n) is 9.47. The number of benzene rings is 1. The molecule has 216 valence electrons. The third kappa shape index (κ3) is 5.82. The van der Waals surface area contributed by atoms with E-state index in [2.05, 4.69) is 36.2 Å². The molecule has 0 radical (unpaired) electrons. The summed E-state index contributed by atoms with van der Waals surface area (Å²) in [6.45, 7) is 7.41. The molecule has 0 spiro atoms. The van der Waals surface area contributed by atoms with Gasteiger partial charge in [0.1, 0.15) is 12.4 Å². The van der Waals surface area contributed by atoms with E-state index in [-0.39, 0.29) is 48.4 Å². The molecule has 3 saturated carbocycles. The maximum atomic E-state index is 13.4. The van der Waals surface area contributed by atoms with Crippen LogP contribution in [0.2, 0.25) is 0 Å². The Morgan fingerprint density at radius 1 is 1.23 bits per heavy atom. The van der Waals surface area contributed by atoms with Gasteiger partial charge in [0, 0.05) is 12.8 Å². The first kappa shape index (κ1) is 28.8. The average molecular weight is 551 g/mol. The third-order valence-corrected chi connectivity index (χ3v) is 9.47. The largest absolute Gasteiger partial charge is 0.481 e. The first-order valence-corrected chi connectivity index (χ1v) is 14.6. The summed E-state index contributed by atoms with van der Waals surface area (Å²) in [4.78, 5) is 29.1. The van der Waals surface area contributed by atoms with Gasteiger partial charge in [0.05, 0.1) is 24.1 Å². The van der Waals surface area contributed by atoms with Gasteiger partial charge < -0.3 is 25.5 Å². The molecule has 6 rings (SSSR count). The second-order valence-corrected chi connectivity index (χ2v) is 12.5. The van der Waals surface area contributed by atoms with Crippen LogP contribution in [0, 0.1) is 17.3 Å². The molecule has 2 bridgehead atoms. The second kappa shape index (κ2) is 11.6. The molecule has 1 aromatic heterocycles. The van der Waals surface area contributed by atoms with Gasteiger partial charge in [0.25, 0.3) is 0 Å². The number of aromatic nitrogens is 3. The summed E-state index contributed by atoms with van der Waals surface area (Å²) in [5, 5.41) is 16.8. The maximum Gasteiger partial charge on any atom is 0.481 e. The Morgan fingerprint density at radius 2 is 2.00 bits per heavy atom. The van der Waals surface area contributed by atoms with E-state index in [1.807, 2.05) is 30.3 Å². The highest BCUT2D eigenvalue weighted by Crippen LogP contribution is 2.65. The van der Waals surface area contributed by atoms with E-state index in [1.54, 1.807) is 4.68 Å². The molecule has 3 aliphatic carbocycles. The first-order chi connectivity index (χ1) is 19.1. The summed E-state index contributed by atoms with van der Waals surface area (Å²) in [5.74, 6) is 0.693. The number of nitrogens with two attached hydrogens (primary N) is 1. The lowest BCUT2D eigenvalue weighted by Crippen LogP contribution is -2.65. The summed E-state index contributed by atoms with van der Waals surface area (Å²) in [7, 11) is -0.516. The molecule has 40 heavy (non-hydrogen) atoms. The van der Waals surface area contributed by atoms with Gasteiger partial charge in [-0.25, -0.2) is 9.67 Å². The molecule has 0 unspecified atom stereocenters. The van der Waals surface area contributed by atoms with Crippen molar-refractivity contribution in [2.75, 3.05) is 6.54 Å². The number of rotatable bonds is 13. The highest BCUT2D eigenvalue weighted by Gasteiger charge is 2.68. The van der Waals surface area contributed by atoms with Crippen LogP contribution in [-0.4, -0.2) is 63.1 Å². The zero-order valence-electron chi connectivity index (χ0n) is 23.8. The van der Waals surface area contributed by atoms with E-state index < -0.39 is 13.1 Å². The summed E-state index contributed by atoms with van der Waals surface area (Å²) >= 11 is 0. The lowest BCUT2D eigenvalue weighted by Gasteiger charge is -2.64. The van der Waals surface area contributed by atoms with Crippen molar-refractivity contribution in [2.24, 2.45) is 23.0 Å². The Balaban J connectivity index is 1.29. The number of carbonyl (C=O) groups is 2. The fourth-order valence-corrected chi connectivity index (χ4v) is 7.03. The average Bonchev–Trinajstić information content (AvgIpc) is 3.46. The van der Waals surface area contributed by atoms with E-state index >= 15 is 0 Å². The van der Waals surface area contributed by atoms with Crippen molar-refractivity contribution >= 4 is 19.0 Å². The molecule has 1 saturated heterocycles. The number of nitrogens with one attached hydrogen (secondary N) is 1. The van der Waals surface area contributed by atoms with Crippen LogP contribution in [-0.2, 0) is 38.3 Å². The molecule has 2 heterocycles. The van der Waals surface area contributed by atoms with Crippen molar-refractivity contribution in [3.8, 4) is 0 Å². The minimum absolute atomic E-state index is 0.0270. The lowest BCUT2D eigenvalue weighted by atomic mass is 9.43. The van der Waals surface area contributed by atoms with Crippen LogP contribution in [0.1, 0.15) is 76.5 Å². The molecule has 4 N–H and O–H groups in total. The molecule has 11 heteroatoms. The van der Waals surface area contributed by atoms with Crippen LogP contribution in [0.15, 0.2) is 30.3 Å². The van der Waals surface area contributed by atoms with Gasteiger partial charge in [-0.3, -0.25) is 9.59 Å². The normalized spacial score (nSPS) is 27.1. The van der Waals surface area contributed by atoms with Crippen molar-refractivity contribution in [2.45, 2.75) is 96.3 Å². The summed E-state index contributed by atoms with van der Waals surface area (Å²) in [6.07, 6.45) is 5.22. The topological polar surface area (TPSA) is 142 Å². The quantitative estimate of drug-likeness (QED) is 0.255. The standard InChI is InChI=1S/C29H42BN5O5/c1-28(2)20-16-21(28)29(3)22(17-20)39-30(40-29)23(11-7-8-14-31)32-26(36)18-35-25(15-19-9-5-4-6-10-19)33-24(34-35)12-13-27(37)38/h4-6,9-10,20-23H,7-8,11-18,31H2,1-3H3,(H,32,36)(H,37,38)/t20-,21-,22+,23-,29-/m0/s1. The summed E-state index contributed by atoms with van der Waals surface area (Å²) < 4.78 is 14.8. The SMILES string of the molecule is CC1(C)[C@@H]2C[C@H]3OB([C@H](CCCCN)NC(=O)Cn4nc(CCC(=O)O)nc4Cc4ccccc4)O[C@@]3(C)[C@H]1C2. The first-order valence-electron chi connectivity index (χ1n) is 14.6. The van der Waals surface area contributed by atoms with Crippen LogP contribution >= 0.6 is 0 Å². The number of unbranched alkanes of at least 4 members (excludes halogenated alkanes) is 1. The van der Waals surface area contributed by atoms with Gasteiger partial charge in [0.15, 0.2) is 5.82 Å². The Bertz CT molecular complexity index is 1210. The van der Waals surface area contributed by atoms with Crippen molar-refractivity contribution in [3.05, 3.63) is 47.5 Å². The Kier molecular flexibility index (Phi) is 8.36. The molecule has 4 fully saturated rings. The van der Waals surface area contributed by atoms with E-state index in [0.29, 0.717) is 42.9 Å². The summed E-state index contributed by atoms with van der Waals surface area (Å²) in [6, 6.07) is 9.82. The lowest BCUT2D eigenvalue weighted by molar-refractivity contribution is -0.199. The Labute approximate surface area is 236 Å². The summed E-state index contributed by atoms with van der Waals surface area (Å²) in [5.41, 5.74) is 6.68. The van der Waals surface area contributed by atoms with E-state index in [0.717, 1.165) is 24.8 Å². The zero-order chi connectivity index (χ0) is 28.5. The van der Waals surface area contributed by atoms with E-state index in [4.69, 9.17) is 20.1 Å². The number of amides is 1. The van der Waals surface area contributed by atoms with Crippen molar-refractivity contribution in [1.29, 1.82) is 0 Å². The smallest absolute Gasteiger partial charge is 0.481 e. The van der Waals surface area contributed by atoms with Crippen LogP contribution in [0.3, 0.4) is 0 Å². The number of hydrogen-bond donors (Lipinski definition) is 3. The van der Waals surface area contributed by atoms with Crippen molar-refractivity contribution < 1.29 is 24.0 Å². The van der Waals surface area contributed by atoms with Crippen LogP contribution < -0.4 is 11.1 Å². The highest BCUT2D eigenvalue weighted by atomic mass is 16.7. The van der Waals surface area contributed by atoms with Crippen LogP contribution in [0.5, 0.6) is 0 Å². The fourth-order valence-electron chi connectivity index (χ4n) is 7.03. The molecule has 1 aromatic carbocycles. The Morgan fingerprint density at radius 3 is 2.70 bits per heavy atom. The predicted octanol–water partition coefficient (Wildman–Crippen LogP) is 2.77. The monoisotopic (exact) mass is 551 g/mol. The highest BCUT2D eigenvalue weighted by molar-refractivity contribution is 6.47. The van der Waals surface area contributed by atoms with E-state index in [9.17, 15) is 9.59 Å². The van der Waals surface area contributed by atoms with Crippen LogP contribution in [0.25, 0.3) is 0 Å². The minimum atomic E-state index is -0.911. The van der Waals surface area contributed by atoms with E-state index in [1.165, 1.54) is 6.42 Å². The molecule has 2 aromatic rings. The zero-order valence-corrected chi connectivity index (χ0v) is 23.8. The van der Waals surface area contributed by atoms with Gasteiger partial charge in [-0.05, 0) is 62.0 Å². The number of hydrogen-bond acceptors (Lipinski definition) is 7. The van der Waals surface area contributed by atoms with Crippen molar-refractivity contribution in [1.82, 2.24) is 20.1 Å². The van der Waals surface area contributed by atoms with Crippen molar-refractivity contribution in [3.63, 3.8) is 0 Å². The maximum absolute atomic E-state index is 13.4. The number of carboxylic acids is 1. The number of aryl methyl sites for hydroxylation is 1. The van der Waals surface area contributed by atoms with Gasteiger partial charge >= 0.3 is 13.1 Å². The molecule has 1 amide bonds. The minimum Gasteiger partial charge on any atom is -0.481 e.